The minimum atomic E-state index is -0.790. The Balaban J connectivity index is 1.57. The van der Waals surface area contributed by atoms with Gasteiger partial charge in [0.1, 0.15) is 19.0 Å². The first kappa shape index (κ1) is 15.2. The van der Waals surface area contributed by atoms with Crippen LogP contribution in [0, 0.1) is 5.82 Å². The third kappa shape index (κ3) is 2.80. The number of nitrogens with one attached hydrogen (secondary N) is 2. The van der Waals surface area contributed by atoms with E-state index >= 15 is 0 Å². The molecule has 0 radical (unpaired) electrons. The SMILES string of the molecule is O=C(Nc1ccc2c(c1)OCCO2)C(=O)c1c[nH]c2cc(F)ccc12. The molecule has 6 nitrogen and oxygen atoms in total. The second-order valence-electron chi connectivity index (χ2n) is 5.53. The molecular formula is C18H13FN2O4. The third-order valence-electron chi connectivity index (χ3n) is 3.89. The number of ether oxygens (including phenoxy) is 2. The second kappa shape index (κ2) is 5.94. The topological polar surface area (TPSA) is 80.4 Å². The summed E-state index contributed by atoms with van der Waals surface area (Å²) in [5.41, 5.74) is 1.06. The Labute approximate surface area is 141 Å². The van der Waals surface area contributed by atoms with Gasteiger partial charge in [-0.25, -0.2) is 4.39 Å². The maximum Gasteiger partial charge on any atom is 0.296 e. The zero-order valence-corrected chi connectivity index (χ0v) is 13.0. The van der Waals surface area contributed by atoms with Crippen LogP contribution in [0.1, 0.15) is 10.4 Å². The highest BCUT2D eigenvalue weighted by molar-refractivity contribution is 6.48. The lowest BCUT2D eigenvalue weighted by Gasteiger charge is -2.18. The molecule has 0 aliphatic carbocycles. The standard InChI is InChI=1S/C18H13FN2O4/c19-10-1-3-12-13(9-20-14(12)7-10)17(22)18(23)21-11-2-4-15-16(8-11)25-6-5-24-15/h1-4,7-9,20H,5-6H2,(H,21,23). The van der Waals surface area contributed by atoms with Crippen molar-refractivity contribution in [2.75, 3.05) is 18.5 Å². The van der Waals surface area contributed by atoms with E-state index in [2.05, 4.69) is 10.3 Å². The predicted octanol–water partition coefficient (Wildman–Crippen LogP) is 2.90. The molecule has 2 N–H and O–H groups in total. The van der Waals surface area contributed by atoms with Crippen LogP contribution in [-0.2, 0) is 4.79 Å². The van der Waals surface area contributed by atoms with Crippen LogP contribution in [0.3, 0.4) is 0 Å². The van der Waals surface area contributed by atoms with Gasteiger partial charge in [-0.15, -0.1) is 0 Å². The average molecular weight is 340 g/mol. The molecule has 0 unspecified atom stereocenters. The molecule has 1 aromatic heterocycles. The lowest BCUT2D eigenvalue weighted by Crippen LogP contribution is -2.23. The van der Waals surface area contributed by atoms with Crippen LogP contribution in [0.4, 0.5) is 10.1 Å². The Morgan fingerprint density at radius 3 is 2.68 bits per heavy atom. The van der Waals surface area contributed by atoms with E-state index in [4.69, 9.17) is 9.47 Å². The number of aromatic amines is 1. The van der Waals surface area contributed by atoms with Crippen LogP contribution >= 0.6 is 0 Å². The van der Waals surface area contributed by atoms with Crippen molar-refractivity contribution in [3.05, 3.63) is 54.0 Å². The van der Waals surface area contributed by atoms with Gasteiger partial charge in [-0.3, -0.25) is 9.59 Å². The molecule has 0 saturated heterocycles. The summed E-state index contributed by atoms with van der Waals surface area (Å²) >= 11 is 0. The lowest BCUT2D eigenvalue weighted by atomic mass is 10.1. The Bertz CT molecular complexity index is 996. The molecule has 0 bridgehead atoms. The number of aromatic nitrogens is 1. The Hall–Kier alpha value is -3.35. The van der Waals surface area contributed by atoms with Gasteiger partial charge in [0.05, 0.1) is 5.56 Å². The number of halogens is 1. The van der Waals surface area contributed by atoms with E-state index in [9.17, 15) is 14.0 Å². The van der Waals surface area contributed by atoms with Crippen molar-refractivity contribution in [2.24, 2.45) is 0 Å². The van der Waals surface area contributed by atoms with Crippen molar-refractivity contribution in [1.82, 2.24) is 4.98 Å². The Morgan fingerprint density at radius 2 is 1.84 bits per heavy atom. The number of amides is 1. The fraction of sp³-hybridized carbons (Fsp3) is 0.111. The van der Waals surface area contributed by atoms with Crippen LogP contribution < -0.4 is 14.8 Å². The van der Waals surface area contributed by atoms with Crippen LogP contribution in [-0.4, -0.2) is 29.9 Å². The number of rotatable bonds is 3. The van der Waals surface area contributed by atoms with Crippen molar-refractivity contribution in [3.8, 4) is 11.5 Å². The van der Waals surface area contributed by atoms with E-state index in [1.54, 1.807) is 18.2 Å². The van der Waals surface area contributed by atoms with Gasteiger partial charge in [-0.2, -0.15) is 0 Å². The molecule has 7 heteroatoms. The van der Waals surface area contributed by atoms with Gasteiger partial charge in [0, 0.05) is 28.9 Å². The van der Waals surface area contributed by atoms with Gasteiger partial charge in [0.15, 0.2) is 11.5 Å². The summed E-state index contributed by atoms with van der Waals surface area (Å²) in [5.74, 6) is -0.822. The predicted molar refractivity (Wildman–Crippen MR) is 88.6 cm³/mol. The largest absolute Gasteiger partial charge is 0.486 e. The highest BCUT2D eigenvalue weighted by Gasteiger charge is 2.21. The molecule has 0 spiro atoms. The number of Topliss-reactive ketones (excluding diaryl/α,β-unsaturated/α-hetero) is 1. The Morgan fingerprint density at radius 1 is 1.04 bits per heavy atom. The minimum Gasteiger partial charge on any atom is -0.486 e. The van der Waals surface area contributed by atoms with Crippen molar-refractivity contribution < 1.29 is 23.5 Å². The highest BCUT2D eigenvalue weighted by atomic mass is 19.1. The molecule has 25 heavy (non-hydrogen) atoms. The van der Waals surface area contributed by atoms with Crippen LogP contribution in [0.2, 0.25) is 0 Å². The summed E-state index contributed by atoms with van der Waals surface area (Å²) in [6.45, 7) is 0.896. The van der Waals surface area contributed by atoms with Gasteiger partial charge in [0.25, 0.3) is 11.7 Å². The molecule has 1 aliphatic rings. The van der Waals surface area contributed by atoms with Crippen molar-refractivity contribution in [2.45, 2.75) is 0 Å². The van der Waals surface area contributed by atoms with E-state index in [0.717, 1.165) is 0 Å². The van der Waals surface area contributed by atoms with Crippen LogP contribution in [0.25, 0.3) is 10.9 Å². The summed E-state index contributed by atoms with van der Waals surface area (Å²) < 4.78 is 24.1. The van der Waals surface area contributed by atoms with Crippen molar-refractivity contribution in [1.29, 1.82) is 0 Å². The molecule has 0 saturated carbocycles. The molecule has 2 aromatic carbocycles. The summed E-state index contributed by atoms with van der Waals surface area (Å²) in [5, 5.41) is 3.03. The van der Waals surface area contributed by atoms with E-state index in [-0.39, 0.29) is 5.56 Å². The molecule has 0 atom stereocenters. The summed E-state index contributed by atoms with van der Waals surface area (Å²) in [6, 6.07) is 8.87. The van der Waals surface area contributed by atoms with Gasteiger partial charge in [-0.1, -0.05) is 0 Å². The van der Waals surface area contributed by atoms with Gasteiger partial charge in [0.2, 0.25) is 0 Å². The number of ketones is 1. The number of H-pyrrole nitrogens is 1. The lowest BCUT2D eigenvalue weighted by molar-refractivity contribution is -0.112. The number of carbonyl (C=O) groups excluding carboxylic acids is 2. The maximum absolute atomic E-state index is 13.2. The number of anilines is 1. The van der Waals surface area contributed by atoms with E-state index in [0.29, 0.717) is 41.3 Å². The second-order valence-corrected chi connectivity index (χ2v) is 5.53. The molecule has 1 aliphatic heterocycles. The first-order chi connectivity index (χ1) is 12.1. The van der Waals surface area contributed by atoms with E-state index in [1.165, 1.54) is 24.4 Å². The molecule has 4 rings (SSSR count). The summed E-state index contributed by atoms with van der Waals surface area (Å²) in [7, 11) is 0. The third-order valence-corrected chi connectivity index (χ3v) is 3.89. The molecule has 0 fully saturated rings. The minimum absolute atomic E-state index is 0.185. The van der Waals surface area contributed by atoms with E-state index in [1.807, 2.05) is 0 Å². The first-order valence-electron chi connectivity index (χ1n) is 7.64. The summed E-state index contributed by atoms with van der Waals surface area (Å²) in [4.78, 5) is 27.5. The highest BCUT2D eigenvalue weighted by Crippen LogP contribution is 2.32. The number of carbonyl (C=O) groups is 2. The first-order valence-corrected chi connectivity index (χ1v) is 7.64. The monoisotopic (exact) mass is 340 g/mol. The zero-order chi connectivity index (χ0) is 17.4. The van der Waals surface area contributed by atoms with Gasteiger partial charge >= 0.3 is 0 Å². The van der Waals surface area contributed by atoms with E-state index < -0.39 is 17.5 Å². The number of fused-ring (bicyclic) bond motifs is 2. The number of hydrogen-bond donors (Lipinski definition) is 2. The summed E-state index contributed by atoms with van der Waals surface area (Å²) in [6.07, 6.45) is 1.40. The van der Waals surface area contributed by atoms with Gasteiger partial charge in [-0.05, 0) is 30.3 Å². The zero-order valence-electron chi connectivity index (χ0n) is 13.0. The van der Waals surface area contributed by atoms with Crippen LogP contribution in [0.5, 0.6) is 11.5 Å². The molecule has 1 amide bonds. The smallest absolute Gasteiger partial charge is 0.296 e. The average Bonchev–Trinajstić information content (AvgIpc) is 3.03. The quantitative estimate of drug-likeness (QED) is 0.567. The van der Waals surface area contributed by atoms with Crippen molar-refractivity contribution in [3.63, 3.8) is 0 Å². The molecule has 2 heterocycles. The normalized spacial score (nSPS) is 12.8. The maximum atomic E-state index is 13.2. The molecule has 126 valence electrons. The Kier molecular flexibility index (Phi) is 3.61. The fourth-order valence-corrected chi connectivity index (χ4v) is 2.72. The van der Waals surface area contributed by atoms with Gasteiger partial charge < -0.3 is 19.8 Å². The van der Waals surface area contributed by atoms with Crippen molar-refractivity contribution >= 4 is 28.3 Å². The molecular weight excluding hydrogens is 327 g/mol. The number of hydrogen-bond acceptors (Lipinski definition) is 4. The fourth-order valence-electron chi connectivity index (χ4n) is 2.72. The number of benzene rings is 2. The molecule has 3 aromatic rings. The van der Waals surface area contributed by atoms with Crippen LogP contribution in [0.15, 0.2) is 42.6 Å².